The van der Waals surface area contributed by atoms with Crippen molar-refractivity contribution in [2.24, 2.45) is 11.1 Å². The molecule has 0 saturated carbocycles. The third-order valence-corrected chi connectivity index (χ3v) is 3.39. The van der Waals surface area contributed by atoms with Crippen molar-refractivity contribution in [1.29, 1.82) is 0 Å². The summed E-state index contributed by atoms with van der Waals surface area (Å²) in [6.07, 6.45) is 0.963. The van der Waals surface area contributed by atoms with Crippen molar-refractivity contribution < 1.29 is 9.53 Å². The molecule has 0 aliphatic heterocycles. The van der Waals surface area contributed by atoms with E-state index >= 15 is 0 Å². The molecule has 2 N–H and O–H groups in total. The topological polar surface area (TPSA) is 52.3 Å². The minimum atomic E-state index is -0.306. The zero-order chi connectivity index (χ0) is 11.9. The number of carbonyl (C=O) groups is 1. The molecule has 1 atom stereocenters. The first kappa shape index (κ1) is 14.0. The van der Waals surface area contributed by atoms with Gasteiger partial charge in [-0.15, -0.1) is 12.4 Å². The first-order chi connectivity index (χ1) is 7.45. The fourth-order valence-electron chi connectivity index (χ4n) is 2.31. The molecule has 0 radical (unpaired) electrons. The van der Waals surface area contributed by atoms with E-state index in [1.807, 2.05) is 12.1 Å². The molecule has 0 amide bonds. The Morgan fingerprint density at radius 3 is 2.71 bits per heavy atom. The molecule has 1 aliphatic rings. The Labute approximate surface area is 108 Å². The van der Waals surface area contributed by atoms with Gasteiger partial charge in [0, 0.05) is 6.04 Å². The zero-order valence-electron chi connectivity index (χ0n) is 10.3. The monoisotopic (exact) mass is 255 g/mol. The Kier molecular flexibility index (Phi) is 3.84. The fraction of sp³-hybridized carbons (Fsp3) is 0.462. The molecule has 0 aromatic heterocycles. The third kappa shape index (κ3) is 2.31. The first-order valence-electron chi connectivity index (χ1n) is 5.42. The van der Waals surface area contributed by atoms with Crippen LogP contribution in [0.4, 0.5) is 0 Å². The lowest BCUT2D eigenvalue weighted by molar-refractivity contribution is 0.0600. The van der Waals surface area contributed by atoms with E-state index in [1.165, 1.54) is 12.7 Å². The highest BCUT2D eigenvalue weighted by molar-refractivity contribution is 5.89. The number of fused-ring (bicyclic) bond motifs is 1. The summed E-state index contributed by atoms with van der Waals surface area (Å²) in [6, 6.07) is 5.64. The van der Waals surface area contributed by atoms with Crippen molar-refractivity contribution >= 4 is 18.4 Å². The summed E-state index contributed by atoms with van der Waals surface area (Å²) in [5.41, 5.74) is 9.14. The van der Waals surface area contributed by atoms with Crippen molar-refractivity contribution in [2.75, 3.05) is 7.11 Å². The van der Waals surface area contributed by atoms with Gasteiger partial charge in [-0.1, -0.05) is 19.9 Å². The SMILES string of the molecule is COC(=O)c1ccc2c(c1)C(N)C(C)(C)C2.Cl. The molecule has 94 valence electrons. The van der Waals surface area contributed by atoms with Gasteiger partial charge in [0.1, 0.15) is 0 Å². The number of esters is 1. The van der Waals surface area contributed by atoms with Crippen LogP contribution in [0.5, 0.6) is 0 Å². The van der Waals surface area contributed by atoms with Crippen LogP contribution in [0.2, 0.25) is 0 Å². The van der Waals surface area contributed by atoms with Gasteiger partial charge < -0.3 is 10.5 Å². The van der Waals surface area contributed by atoms with Crippen LogP contribution in [0.25, 0.3) is 0 Å². The van der Waals surface area contributed by atoms with E-state index in [4.69, 9.17) is 10.5 Å². The maximum absolute atomic E-state index is 11.4. The number of methoxy groups -OCH3 is 1. The third-order valence-electron chi connectivity index (χ3n) is 3.39. The minimum Gasteiger partial charge on any atom is -0.465 e. The molecule has 0 heterocycles. The Balaban J connectivity index is 0.00000144. The van der Waals surface area contributed by atoms with Crippen LogP contribution in [0.3, 0.4) is 0 Å². The number of nitrogens with two attached hydrogens (primary N) is 1. The highest BCUT2D eigenvalue weighted by atomic mass is 35.5. The van der Waals surface area contributed by atoms with Crippen molar-refractivity contribution in [3.05, 3.63) is 34.9 Å². The van der Waals surface area contributed by atoms with Crippen LogP contribution >= 0.6 is 12.4 Å². The zero-order valence-corrected chi connectivity index (χ0v) is 11.1. The summed E-state index contributed by atoms with van der Waals surface area (Å²) >= 11 is 0. The van der Waals surface area contributed by atoms with Gasteiger partial charge in [0.2, 0.25) is 0 Å². The van der Waals surface area contributed by atoms with Crippen molar-refractivity contribution in [3.63, 3.8) is 0 Å². The molecule has 0 spiro atoms. The number of ether oxygens (including phenoxy) is 1. The number of hydrogen-bond donors (Lipinski definition) is 1. The second kappa shape index (κ2) is 4.67. The highest BCUT2D eigenvalue weighted by Crippen LogP contribution is 2.43. The van der Waals surface area contributed by atoms with Crippen LogP contribution in [0.15, 0.2) is 18.2 Å². The van der Waals surface area contributed by atoms with Crippen LogP contribution < -0.4 is 5.73 Å². The van der Waals surface area contributed by atoms with Crippen molar-refractivity contribution in [1.82, 2.24) is 0 Å². The Morgan fingerprint density at radius 1 is 1.47 bits per heavy atom. The molecule has 2 rings (SSSR count). The van der Waals surface area contributed by atoms with E-state index in [1.54, 1.807) is 6.07 Å². The summed E-state index contributed by atoms with van der Waals surface area (Å²) in [6.45, 7) is 4.30. The van der Waals surface area contributed by atoms with E-state index in [0.29, 0.717) is 5.56 Å². The number of halogens is 1. The molecule has 1 aromatic rings. The molecular formula is C13H18ClNO2. The molecule has 0 bridgehead atoms. The second-order valence-electron chi connectivity index (χ2n) is 5.05. The normalized spacial score (nSPS) is 20.4. The molecule has 3 nitrogen and oxygen atoms in total. The summed E-state index contributed by atoms with van der Waals surface area (Å²) < 4.78 is 4.70. The highest BCUT2D eigenvalue weighted by Gasteiger charge is 2.36. The standard InChI is InChI=1S/C13H17NO2.ClH/c1-13(2)7-9-5-4-8(12(15)16-3)6-10(9)11(13)14;/h4-6,11H,7,14H2,1-3H3;1H. The van der Waals surface area contributed by atoms with Gasteiger partial charge in [0.05, 0.1) is 12.7 Å². The predicted molar refractivity (Wildman–Crippen MR) is 69.4 cm³/mol. The molecule has 1 aliphatic carbocycles. The van der Waals surface area contributed by atoms with Gasteiger partial charge in [-0.2, -0.15) is 0 Å². The quantitative estimate of drug-likeness (QED) is 0.785. The van der Waals surface area contributed by atoms with Crippen LogP contribution in [-0.4, -0.2) is 13.1 Å². The van der Waals surface area contributed by atoms with Gasteiger partial charge >= 0.3 is 5.97 Å². The Morgan fingerprint density at radius 2 is 2.12 bits per heavy atom. The van der Waals surface area contributed by atoms with Crippen LogP contribution in [-0.2, 0) is 11.2 Å². The minimum absolute atomic E-state index is 0. The van der Waals surface area contributed by atoms with Gasteiger partial charge in [0.25, 0.3) is 0 Å². The lowest BCUT2D eigenvalue weighted by atomic mass is 9.86. The first-order valence-corrected chi connectivity index (χ1v) is 5.42. The Bertz CT molecular complexity index is 443. The molecule has 4 heteroatoms. The molecule has 0 fully saturated rings. The molecule has 1 aromatic carbocycles. The number of hydrogen-bond acceptors (Lipinski definition) is 3. The number of rotatable bonds is 1. The second-order valence-corrected chi connectivity index (χ2v) is 5.05. The summed E-state index contributed by atoms with van der Waals surface area (Å²) in [4.78, 5) is 11.4. The summed E-state index contributed by atoms with van der Waals surface area (Å²) in [5.74, 6) is -0.306. The molecule has 17 heavy (non-hydrogen) atoms. The lowest BCUT2D eigenvalue weighted by Crippen LogP contribution is -2.24. The number of benzene rings is 1. The van der Waals surface area contributed by atoms with Gasteiger partial charge in [-0.25, -0.2) is 4.79 Å². The average molecular weight is 256 g/mol. The number of carbonyl (C=O) groups excluding carboxylic acids is 1. The molecule has 0 saturated heterocycles. The summed E-state index contributed by atoms with van der Waals surface area (Å²) in [7, 11) is 1.39. The van der Waals surface area contributed by atoms with E-state index in [0.717, 1.165) is 12.0 Å². The summed E-state index contributed by atoms with van der Waals surface area (Å²) in [5, 5.41) is 0. The predicted octanol–water partition coefficient (Wildman–Crippen LogP) is 2.48. The maximum Gasteiger partial charge on any atom is 0.337 e. The van der Waals surface area contributed by atoms with Gasteiger partial charge in [-0.05, 0) is 35.1 Å². The van der Waals surface area contributed by atoms with E-state index < -0.39 is 0 Å². The molecule has 1 unspecified atom stereocenters. The van der Waals surface area contributed by atoms with E-state index in [-0.39, 0.29) is 29.8 Å². The van der Waals surface area contributed by atoms with Gasteiger partial charge in [0.15, 0.2) is 0 Å². The Hall–Kier alpha value is -1.06. The van der Waals surface area contributed by atoms with Gasteiger partial charge in [-0.3, -0.25) is 0 Å². The smallest absolute Gasteiger partial charge is 0.337 e. The van der Waals surface area contributed by atoms with Crippen LogP contribution in [0.1, 0.15) is 41.4 Å². The maximum atomic E-state index is 11.4. The molecular weight excluding hydrogens is 238 g/mol. The van der Waals surface area contributed by atoms with Crippen molar-refractivity contribution in [2.45, 2.75) is 26.3 Å². The van der Waals surface area contributed by atoms with E-state index in [2.05, 4.69) is 13.8 Å². The van der Waals surface area contributed by atoms with Crippen molar-refractivity contribution in [3.8, 4) is 0 Å². The lowest BCUT2D eigenvalue weighted by Gasteiger charge is -2.23. The fourth-order valence-corrected chi connectivity index (χ4v) is 2.31. The van der Waals surface area contributed by atoms with Crippen LogP contribution in [0, 0.1) is 5.41 Å². The average Bonchev–Trinajstić information content (AvgIpc) is 2.48. The largest absolute Gasteiger partial charge is 0.465 e. The van der Waals surface area contributed by atoms with E-state index in [9.17, 15) is 4.79 Å².